The second-order valence-corrected chi connectivity index (χ2v) is 7.53. The highest BCUT2D eigenvalue weighted by Crippen LogP contribution is 2.31. The first-order chi connectivity index (χ1) is 10.0. The van der Waals surface area contributed by atoms with Crippen LogP contribution >= 0.6 is 11.8 Å². The molecule has 0 amide bonds. The molecule has 0 aliphatic heterocycles. The Balaban J connectivity index is 1.84. The standard InChI is InChI=1S/C20H20S/c1-20(2,3)17-9-12-18(13-10-17)21-19-11-8-15-6-4-5-7-16(15)14-19/h4-14H,1-3H3. The normalized spacial score (nSPS) is 11.8. The third kappa shape index (κ3) is 3.30. The van der Waals surface area contributed by atoms with Gasteiger partial charge in [0.15, 0.2) is 0 Å². The van der Waals surface area contributed by atoms with Crippen LogP contribution in [0.2, 0.25) is 0 Å². The molecule has 0 spiro atoms. The predicted molar refractivity (Wildman–Crippen MR) is 93.2 cm³/mol. The van der Waals surface area contributed by atoms with Crippen molar-refractivity contribution in [2.24, 2.45) is 0 Å². The van der Waals surface area contributed by atoms with E-state index in [-0.39, 0.29) is 5.41 Å². The maximum absolute atomic E-state index is 2.26. The topological polar surface area (TPSA) is 0 Å². The van der Waals surface area contributed by atoms with Gasteiger partial charge in [0, 0.05) is 9.79 Å². The first-order valence-electron chi connectivity index (χ1n) is 7.29. The summed E-state index contributed by atoms with van der Waals surface area (Å²) >= 11 is 1.82. The van der Waals surface area contributed by atoms with Crippen LogP contribution in [-0.2, 0) is 5.41 Å². The largest absolute Gasteiger partial charge is 0.0901 e. The molecule has 3 rings (SSSR count). The fourth-order valence-corrected chi connectivity index (χ4v) is 3.26. The van der Waals surface area contributed by atoms with Crippen LogP contribution in [0.5, 0.6) is 0 Å². The molecule has 106 valence electrons. The highest BCUT2D eigenvalue weighted by atomic mass is 32.2. The third-order valence-corrected chi connectivity index (χ3v) is 4.67. The summed E-state index contributed by atoms with van der Waals surface area (Å²) in [5.41, 5.74) is 1.59. The van der Waals surface area contributed by atoms with Crippen molar-refractivity contribution in [3.63, 3.8) is 0 Å². The van der Waals surface area contributed by atoms with Crippen molar-refractivity contribution in [3.8, 4) is 0 Å². The van der Waals surface area contributed by atoms with Gasteiger partial charge in [-0.2, -0.15) is 0 Å². The first-order valence-corrected chi connectivity index (χ1v) is 8.11. The summed E-state index contributed by atoms with van der Waals surface area (Å²) in [7, 11) is 0. The predicted octanol–water partition coefficient (Wildman–Crippen LogP) is 6.29. The zero-order chi connectivity index (χ0) is 14.9. The lowest BCUT2D eigenvalue weighted by molar-refractivity contribution is 0.590. The number of hydrogen-bond acceptors (Lipinski definition) is 1. The molecule has 21 heavy (non-hydrogen) atoms. The van der Waals surface area contributed by atoms with Crippen LogP contribution in [0.4, 0.5) is 0 Å². The molecule has 3 aromatic carbocycles. The number of hydrogen-bond donors (Lipinski definition) is 0. The van der Waals surface area contributed by atoms with Gasteiger partial charge in [-0.3, -0.25) is 0 Å². The summed E-state index contributed by atoms with van der Waals surface area (Å²) in [6.07, 6.45) is 0. The monoisotopic (exact) mass is 292 g/mol. The second kappa shape index (κ2) is 5.57. The van der Waals surface area contributed by atoms with Crippen LogP contribution in [0.1, 0.15) is 26.3 Å². The Labute approximate surface area is 131 Å². The molecular formula is C20H20S. The highest BCUT2D eigenvalue weighted by Gasteiger charge is 2.12. The van der Waals surface area contributed by atoms with Gasteiger partial charge in [0.05, 0.1) is 0 Å². The number of benzene rings is 3. The van der Waals surface area contributed by atoms with E-state index in [1.54, 1.807) is 0 Å². The average molecular weight is 292 g/mol. The van der Waals surface area contributed by atoms with Gasteiger partial charge in [-0.1, -0.05) is 75.0 Å². The second-order valence-electron chi connectivity index (χ2n) is 6.39. The summed E-state index contributed by atoms with van der Waals surface area (Å²) in [6.45, 7) is 6.75. The molecule has 0 fully saturated rings. The van der Waals surface area contributed by atoms with E-state index < -0.39 is 0 Å². The summed E-state index contributed by atoms with van der Waals surface area (Å²) in [5.74, 6) is 0. The number of rotatable bonds is 2. The molecule has 0 radical (unpaired) electrons. The van der Waals surface area contributed by atoms with Crippen molar-refractivity contribution in [3.05, 3.63) is 72.3 Å². The molecule has 0 aromatic heterocycles. The molecular weight excluding hydrogens is 272 g/mol. The molecule has 0 aliphatic rings. The molecule has 0 aliphatic carbocycles. The van der Waals surface area contributed by atoms with Gasteiger partial charge in [-0.15, -0.1) is 0 Å². The van der Waals surface area contributed by atoms with E-state index in [9.17, 15) is 0 Å². The van der Waals surface area contributed by atoms with E-state index in [2.05, 4.69) is 87.5 Å². The van der Waals surface area contributed by atoms with Crippen molar-refractivity contribution < 1.29 is 0 Å². The zero-order valence-electron chi connectivity index (χ0n) is 12.8. The van der Waals surface area contributed by atoms with Crippen molar-refractivity contribution in [1.29, 1.82) is 0 Å². The van der Waals surface area contributed by atoms with Gasteiger partial charge in [-0.05, 0) is 46.0 Å². The minimum Gasteiger partial charge on any atom is -0.0901 e. The highest BCUT2D eigenvalue weighted by molar-refractivity contribution is 7.99. The summed E-state index contributed by atoms with van der Waals surface area (Å²) in [5, 5.41) is 2.60. The van der Waals surface area contributed by atoms with Crippen LogP contribution in [0, 0.1) is 0 Å². The van der Waals surface area contributed by atoms with Crippen molar-refractivity contribution in [2.75, 3.05) is 0 Å². The maximum Gasteiger partial charge on any atom is 0.0128 e. The quantitative estimate of drug-likeness (QED) is 0.535. The van der Waals surface area contributed by atoms with E-state index in [4.69, 9.17) is 0 Å². The van der Waals surface area contributed by atoms with E-state index in [1.807, 2.05) is 11.8 Å². The van der Waals surface area contributed by atoms with E-state index in [0.717, 1.165) is 0 Å². The van der Waals surface area contributed by atoms with Crippen LogP contribution < -0.4 is 0 Å². The Hall–Kier alpha value is -1.73. The van der Waals surface area contributed by atoms with Gasteiger partial charge in [0.2, 0.25) is 0 Å². The van der Waals surface area contributed by atoms with Crippen LogP contribution in [0.25, 0.3) is 10.8 Å². The molecule has 0 atom stereocenters. The fourth-order valence-electron chi connectivity index (χ4n) is 2.39. The average Bonchev–Trinajstić information content (AvgIpc) is 2.47. The Morgan fingerprint density at radius 2 is 1.29 bits per heavy atom. The molecule has 0 unspecified atom stereocenters. The van der Waals surface area contributed by atoms with Crippen LogP contribution in [0.15, 0.2) is 76.5 Å². The minimum absolute atomic E-state index is 0.214. The lowest BCUT2D eigenvalue weighted by atomic mass is 9.87. The fraction of sp³-hybridized carbons (Fsp3) is 0.200. The molecule has 0 bridgehead atoms. The minimum atomic E-state index is 0.214. The molecule has 0 heterocycles. The lowest BCUT2D eigenvalue weighted by Gasteiger charge is -2.19. The van der Waals surface area contributed by atoms with Crippen LogP contribution in [-0.4, -0.2) is 0 Å². The molecule has 0 nitrogen and oxygen atoms in total. The Bertz CT molecular complexity index is 749. The Kier molecular flexibility index (Phi) is 3.77. The van der Waals surface area contributed by atoms with Crippen LogP contribution in [0.3, 0.4) is 0 Å². The smallest absolute Gasteiger partial charge is 0.0128 e. The Morgan fingerprint density at radius 3 is 1.95 bits per heavy atom. The van der Waals surface area contributed by atoms with Crippen molar-refractivity contribution in [1.82, 2.24) is 0 Å². The Morgan fingerprint density at radius 1 is 0.667 bits per heavy atom. The summed E-state index contributed by atoms with van der Waals surface area (Å²) < 4.78 is 0. The maximum atomic E-state index is 2.26. The van der Waals surface area contributed by atoms with Gasteiger partial charge < -0.3 is 0 Å². The number of fused-ring (bicyclic) bond motifs is 1. The molecule has 0 saturated carbocycles. The van der Waals surface area contributed by atoms with Crippen molar-refractivity contribution in [2.45, 2.75) is 36.0 Å². The third-order valence-electron chi connectivity index (χ3n) is 3.68. The van der Waals surface area contributed by atoms with E-state index >= 15 is 0 Å². The molecule has 0 saturated heterocycles. The zero-order valence-corrected chi connectivity index (χ0v) is 13.6. The molecule has 1 heteroatoms. The summed E-state index contributed by atoms with van der Waals surface area (Å²) in [4.78, 5) is 2.58. The van der Waals surface area contributed by atoms with Gasteiger partial charge in [0.1, 0.15) is 0 Å². The summed E-state index contributed by atoms with van der Waals surface area (Å²) in [6, 6.07) is 24.1. The SMILES string of the molecule is CC(C)(C)c1ccc(Sc2ccc3ccccc3c2)cc1. The van der Waals surface area contributed by atoms with E-state index in [1.165, 1.54) is 26.1 Å². The van der Waals surface area contributed by atoms with Gasteiger partial charge in [0.25, 0.3) is 0 Å². The lowest BCUT2D eigenvalue weighted by Crippen LogP contribution is -2.10. The molecule has 0 N–H and O–H groups in total. The van der Waals surface area contributed by atoms with Gasteiger partial charge in [-0.25, -0.2) is 0 Å². The molecule has 3 aromatic rings. The van der Waals surface area contributed by atoms with E-state index in [0.29, 0.717) is 0 Å². The first kappa shape index (κ1) is 14.2. The van der Waals surface area contributed by atoms with Gasteiger partial charge >= 0.3 is 0 Å². The van der Waals surface area contributed by atoms with Crippen molar-refractivity contribution >= 4 is 22.5 Å².